The Morgan fingerprint density at radius 2 is 1.72 bits per heavy atom. The second-order valence-corrected chi connectivity index (χ2v) is 5.84. The molecule has 136 valence electrons. The van der Waals surface area contributed by atoms with Crippen LogP contribution >= 0.6 is 0 Å². The Hall–Kier alpha value is -2.50. The van der Waals surface area contributed by atoms with Gasteiger partial charge in [0.25, 0.3) is 0 Å². The van der Waals surface area contributed by atoms with E-state index in [1.807, 2.05) is 31.2 Å². The largest absolute Gasteiger partial charge is 0.497 e. The second-order valence-electron chi connectivity index (χ2n) is 5.84. The fourth-order valence-corrected chi connectivity index (χ4v) is 2.71. The molecule has 0 aliphatic carbocycles. The first kappa shape index (κ1) is 18.8. The number of methoxy groups -OCH3 is 2. The molecule has 0 amide bonds. The van der Waals surface area contributed by atoms with Crippen molar-refractivity contribution in [3.63, 3.8) is 0 Å². The predicted molar refractivity (Wildman–Crippen MR) is 102 cm³/mol. The third-order valence-corrected chi connectivity index (χ3v) is 3.80. The summed E-state index contributed by atoms with van der Waals surface area (Å²) in [4.78, 5) is 11.4. The highest BCUT2D eigenvalue weighted by atomic mass is 16.5. The van der Waals surface area contributed by atoms with Gasteiger partial charge in [0, 0.05) is 25.2 Å². The van der Waals surface area contributed by atoms with Crippen molar-refractivity contribution in [2.45, 2.75) is 33.6 Å². The maximum Gasteiger partial charge on any atom is 0.142 e. The van der Waals surface area contributed by atoms with Crippen LogP contribution in [0, 0.1) is 6.92 Å². The summed E-state index contributed by atoms with van der Waals surface area (Å²) in [6.07, 6.45) is 2.16. The van der Waals surface area contributed by atoms with Gasteiger partial charge < -0.3 is 19.7 Å². The summed E-state index contributed by atoms with van der Waals surface area (Å²) >= 11 is 0. The Kier molecular flexibility index (Phi) is 6.86. The van der Waals surface area contributed by atoms with E-state index < -0.39 is 0 Å². The minimum atomic E-state index is 0.734. The quantitative estimate of drug-likeness (QED) is 0.737. The second kappa shape index (κ2) is 9.11. The van der Waals surface area contributed by atoms with E-state index in [-0.39, 0.29) is 0 Å². The zero-order valence-corrected chi connectivity index (χ0v) is 15.8. The monoisotopic (exact) mass is 344 g/mol. The number of rotatable bonds is 9. The van der Waals surface area contributed by atoms with Crippen molar-refractivity contribution in [2.24, 2.45) is 0 Å². The van der Waals surface area contributed by atoms with Gasteiger partial charge in [-0.1, -0.05) is 13.8 Å². The van der Waals surface area contributed by atoms with Crippen molar-refractivity contribution in [3.05, 3.63) is 30.1 Å². The first-order valence-electron chi connectivity index (χ1n) is 8.70. The van der Waals surface area contributed by atoms with Crippen LogP contribution in [-0.4, -0.2) is 37.3 Å². The number of nitrogens with zero attached hydrogens (tertiary/aromatic N) is 3. The van der Waals surface area contributed by atoms with Gasteiger partial charge in [0.15, 0.2) is 0 Å². The Morgan fingerprint density at radius 3 is 2.32 bits per heavy atom. The molecule has 0 bridgehead atoms. The van der Waals surface area contributed by atoms with Gasteiger partial charge in [-0.2, -0.15) is 0 Å². The number of hydrogen-bond acceptors (Lipinski definition) is 6. The molecule has 2 rings (SSSR count). The minimum Gasteiger partial charge on any atom is -0.497 e. The smallest absolute Gasteiger partial charge is 0.142 e. The zero-order chi connectivity index (χ0) is 18.2. The van der Waals surface area contributed by atoms with Crippen molar-refractivity contribution >= 4 is 17.3 Å². The molecule has 25 heavy (non-hydrogen) atoms. The number of nitrogens with one attached hydrogen (secondary N) is 1. The van der Waals surface area contributed by atoms with Gasteiger partial charge in [-0.05, 0) is 31.9 Å². The molecule has 0 aliphatic heterocycles. The summed E-state index contributed by atoms with van der Waals surface area (Å²) < 4.78 is 10.7. The predicted octanol–water partition coefficient (Wildman–Crippen LogP) is 4.17. The topological polar surface area (TPSA) is 59.5 Å². The number of hydrogen-bond donors (Lipinski definition) is 1. The molecule has 6 nitrogen and oxygen atoms in total. The van der Waals surface area contributed by atoms with Crippen LogP contribution in [0.3, 0.4) is 0 Å². The normalized spacial score (nSPS) is 10.4. The average molecular weight is 344 g/mol. The molecule has 2 aromatic rings. The number of aryl methyl sites for hydroxylation is 1. The standard InChI is InChI=1S/C19H28N4O2/c1-6-10-23(11-7-2)19-13-18(20-14(3)21-19)22-16-12-15(24-4)8-9-17(16)25-5/h8-9,12-13H,6-7,10-11H2,1-5H3,(H,20,21,22). The van der Waals surface area contributed by atoms with Crippen LogP contribution in [0.15, 0.2) is 24.3 Å². The summed E-state index contributed by atoms with van der Waals surface area (Å²) in [5.74, 6) is 3.91. The van der Waals surface area contributed by atoms with Crippen LogP contribution in [-0.2, 0) is 0 Å². The molecule has 1 aromatic heterocycles. The number of benzene rings is 1. The van der Waals surface area contributed by atoms with E-state index in [4.69, 9.17) is 9.47 Å². The van der Waals surface area contributed by atoms with Gasteiger partial charge in [-0.3, -0.25) is 0 Å². The van der Waals surface area contributed by atoms with E-state index in [2.05, 4.69) is 34.0 Å². The van der Waals surface area contributed by atoms with Gasteiger partial charge >= 0.3 is 0 Å². The Balaban J connectivity index is 2.34. The fourth-order valence-electron chi connectivity index (χ4n) is 2.71. The highest BCUT2D eigenvalue weighted by molar-refractivity contribution is 5.67. The molecular weight excluding hydrogens is 316 g/mol. The van der Waals surface area contributed by atoms with Gasteiger partial charge in [-0.25, -0.2) is 9.97 Å². The summed E-state index contributed by atoms with van der Waals surface area (Å²) in [6.45, 7) is 8.22. The number of aromatic nitrogens is 2. The maximum absolute atomic E-state index is 5.43. The fraction of sp³-hybridized carbons (Fsp3) is 0.474. The molecule has 0 aliphatic rings. The Morgan fingerprint density at radius 1 is 1.00 bits per heavy atom. The number of ether oxygens (including phenoxy) is 2. The molecule has 0 saturated carbocycles. The molecular formula is C19H28N4O2. The zero-order valence-electron chi connectivity index (χ0n) is 15.8. The summed E-state index contributed by atoms with van der Waals surface area (Å²) in [6, 6.07) is 7.62. The average Bonchev–Trinajstić information content (AvgIpc) is 2.61. The maximum atomic E-state index is 5.43. The van der Waals surface area contributed by atoms with E-state index in [9.17, 15) is 0 Å². The van der Waals surface area contributed by atoms with Crippen molar-refractivity contribution in [1.29, 1.82) is 0 Å². The lowest BCUT2D eigenvalue weighted by Crippen LogP contribution is -2.26. The van der Waals surface area contributed by atoms with Crippen LogP contribution < -0.4 is 19.7 Å². The van der Waals surface area contributed by atoms with Crippen LogP contribution in [0.2, 0.25) is 0 Å². The molecule has 1 heterocycles. The first-order valence-corrected chi connectivity index (χ1v) is 8.70. The van der Waals surface area contributed by atoms with E-state index in [1.165, 1.54) is 0 Å². The molecule has 0 saturated heterocycles. The lowest BCUT2D eigenvalue weighted by Gasteiger charge is -2.23. The Bertz CT molecular complexity index is 685. The third kappa shape index (κ3) is 4.98. The molecule has 1 aromatic carbocycles. The van der Waals surface area contributed by atoms with Gasteiger partial charge in [0.1, 0.15) is 29.0 Å². The van der Waals surface area contributed by atoms with Crippen LogP contribution in [0.25, 0.3) is 0 Å². The van der Waals surface area contributed by atoms with Gasteiger partial charge in [-0.15, -0.1) is 0 Å². The van der Waals surface area contributed by atoms with Crippen molar-refractivity contribution < 1.29 is 9.47 Å². The molecule has 0 radical (unpaired) electrons. The lowest BCUT2D eigenvalue weighted by atomic mass is 10.2. The van der Waals surface area contributed by atoms with Gasteiger partial charge in [0.05, 0.1) is 19.9 Å². The molecule has 1 N–H and O–H groups in total. The van der Waals surface area contributed by atoms with E-state index in [0.29, 0.717) is 0 Å². The SMILES string of the molecule is CCCN(CCC)c1cc(Nc2cc(OC)ccc2OC)nc(C)n1. The summed E-state index contributed by atoms with van der Waals surface area (Å²) in [7, 11) is 3.29. The van der Waals surface area contributed by atoms with Crippen LogP contribution in [0.4, 0.5) is 17.3 Å². The summed E-state index contributed by atoms with van der Waals surface area (Å²) in [5, 5.41) is 3.34. The van der Waals surface area contributed by atoms with Crippen molar-refractivity contribution in [3.8, 4) is 11.5 Å². The highest BCUT2D eigenvalue weighted by Crippen LogP contribution is 2.31. The summed E-state index contributed by atoms with van der Waals surface area (Å²) in [5.41, 5.74) is 0.809. The third-order valence-electron chi connectivity index (χ3n) is 3.80. The molecule has 6 heteroatoms. The molecule has 0 atom stereocenters. The lowest BCUT2D eigenvalue weighted by molar-refractivity contribution is 0.405. The highest BCUT2D eigenvalue weighted by Gasteiger charge is 2.11. The van der Waals surface area contributed by atoms with Crippen LogP contribution in [0.1, 0.15) is 32.5 Å². The van der Waals surface area contributed by atoms with E-state index >= 15 is 0 Å². The Labute approximate surface area is 150 Å². The van der Waals surface area contributed by atoms with Crippen molar-refractivity contribution in [2.75, 3.05) is 37.5 Å². The van der Waals surface area contributed by atoms with Crippen molar-refractivity contribution in [1.82, 2.24) is 9.97 Å². The van der Waals surface area contributed by atoms with Crippen LogP contribution in [0.5, 0.6) is 11.5 Å². The molecule has 0 unspecified atom stereocenters. The van der Waals surface area contributed by atoms with Gasteiger partial charge in [0.2, 0.25) is 0 Å². The minimum absolute atomic E-state index is 0.734. The molecule has 0 spiro atoms. The number of anilines is 3. The molecule has 0 fully saturated rings. The van der Waals surface area contributed by atoms with E-state index in [0.717, 1.165) is 60.6 Å². The van der Waals surface area contributed by atoms with E-state index in [1.54, 1.807) is 14.2 Å². The first-order chi connectivity index (χ1) is 12.1.